The number of hydrogen-bond donors (Lipinski definition) is 1. The third kappa shape index (κ3) is 3.24. The van der Waals surface area contributed by atoms with E-state index < -0.39 is 0 Å². The van der Waals surface area contributed by atoms with Gasteiger partial charge >= 0.3 is 0 Å². The first-order chi connectivity index (χ1) is 11.5. The quantitative estimate of drug-likeness (QED) is 0.689. The number of carbonyl (C=O) groups excluding carboxylic acids is 1. The van der Waals surface area contributed by atoms with Gasteiger partial charge in [0.25, 0.3) is 5.91 Å². The molecule has 6 heteroatoms. The fourth-order valence-corrected chi connectivity index (χ4v) is 3.91. The molecule has 0 aliphatic heterocycles. The number of rotatable bonds is 6. The fraction of sp³-hybridized carbons (Fsp3) is 0.444. The molecule has 0 bridgehead atoms. The van der Waals surface area contributed by atoms with Crippen LogP contribution in [0.15, 0.2) is 23.6 Å². The van der Waals surface area contributed by atoms with E-state index in [9.17, 15) is 4.79 Å². The number of aromatic nitrogens is 3. The third-order valence-corrected chi connectivity index (χ3v) is 5.00. The molecule has 3 aromatic heterocycles. The highest BCUT2D eigenvalue weighted by molar-refractivity contribution is 7.17. The molecular weight excluding hydrogens is 320 g/mol. The Morgan fingerprint density at radius 3 is 2.79 bits per heavy atom. The van der Waals surface area contributed by atoms with Crippen molar-refractivity contribution in [1.29, 1.82) is 0 Å². The molecule has 0 saturated heterocycles. The van der Waals surface area contributed by atoms with Crippen molar-refractivity contribution in [2.24, 2.45) is 0 Å². The number of nitrogens with one attached hydrogen (secondary N) is 1. The molecule has 0 aliphatic rings. The Kier molecular flexibility index (Phi) is 4.76. The van der Waals surface area contributed by atoms with Gasteiger partial charge in [0.15, 0.2) is 0 Å². The molecule has 1 N–H and O–H groups in total. The van der Waals surface area contributed by atoms with Crippen LogP contribution < -0.4 is 5.32 Å². The molecule has 0 atom stereocenters. The van der Waals surface area contributed by atoms with Crippen molar-refractivity contribution in [3.63, 3.8) is 0 Å². The second kappa shape index (κ2) is 6.81. The largest absolute Gasteiger partial charge is 0.351 e. The molecular formula is C18H24N4OS. The first-order valence-corrected chi connectivity index (χ1v) is 9.23. The lowest BCUT2D eigenvalue weighted by molar-refractivity contribution is 0.0942. The Hall–Kier alpha value is -2.08. The summed E-state index contributed by atoms with van der Waals surface area (Å²) in [6.07, 6.45) is 0.866. The summed E-state index contributed by atoms with van der Waals surface area (Å²) in [6.45, 7) is 9.74. The lowest BCUT2D eigenvalue weighted by atomic mass is 10.3. The zero-order valence-corrected chi connectivity index (χ0v) is 15.5. The molecule has 128 valence electrons. The summed E-state index contributed by atoms with van der Waals surface area (Å²) in [5.41, 5.74) is 4.08. The minimum atomic E-state index is 0.000433. The molecule has 0 saturated carbocycles. The Bertz CT molecular complexity index is 856. The van der Waals surface area contributed by atoms with Crippen LogP contribution in [0.3, 0.4) is 0 Å². The molecule has 0 aromatic carbocycles. The number of nitrogens with zero attached hydrogens (tertiary/aromatic N) is 3. The zero-order valence-electron chi connectivity index (χ0n) is 14.7. The van der Waals surface area contributed by atoms with E-state index in [4.69, 9.17) is 0 Å². The lowest BCUT2D eigenvalue weighted by Gasteiger charge is -2.14. The van der Waals surface area contributed by atoms with Crippen molar-refractivity contribution in [2.75, 3.05) is 6.54 Å². The third-order valence-electron chi connectivity index (χ3n) is 4.14. The van der Waals surface area contributed by atoms with E-state index in [1.54, 1.807) is 11.3 Å². The molecule has 0 radical (unpaired) electrons. The average Bonchev–Trinajstić information content (AvgIpc) is 3.17. The van der Waals surface area contributed by atoms with Gasteiger partial charge in [0.1, 0.15) is 5.69 Å². The highest BCUT2D eigenvalue weighted by Crippen LogP contribution is 2.28. The van der Waals surface area contributed by atoms with Crippen LogP contribution in [0.1, 0.15) is 48.2 Å². The van der Waals surface area contributed by atoms with Crippen LogP contribution in [0.5, 0.6) is 0 Å². The number of hydrogen-bond acceptors (Lipinski definition) is 3. The zero-order chi connectivity index (χ0) is 17.3. The Balaban J connectivity index is 1.62. The van der Waals surface area contributed by atoms with Gasteiger partial charge in [-0.3, -0.25) is 9.48 Å². The van der Waals surface area contributed by atoms with Crippen molar-refractivity contribution < 1.29 is 4.79 Å². The van der Waals surface area contributed by atoms with Crippen LogP contribution in [-0.2, 0) is 6.54 Å². The second-order valence-corrected chi connectivity index (χ2v) is 7.37. The van der Waals surface area contributed by atoms with E-state index in [1.165, 1.54) is 0 Å². The van der Waals surface area contributed by atoms with Crippen molar-refractivity contribution in [2.45, 2.75) is 46.7 Å². The van der Waals surface area contributed by atoms with Gasteiger partial charge in [0.2, 0.25) is 0 Å². The number of aryl methyl sites for hydroxylation is 3. The maximum absolute atomic E-state index is 12.6. The van der Waals surface area contributed by atoms with Crippen LogP contribution in [0.4, 0.5) is 0 Å². The number of amides is 1. The predicted molar refractivity (Wildman–Crippen MR) is 98.9 cm³/mol. The molecule has 3 rings (SSSR count). The van der Waals surface area contributed by atoms with E-state index >= 15 is 0 Å². The second-order valence-electron chi connectivity index (χ2n) is 6.42. The van der Waals surface area contributed by atoms with E-state index in [-0.39, 0.29) is 11.9 Å². The SMILES string of the molecule is Cc1cc(C)n(CCCNC(=O)c2cc3sccc3n2C(C)C)n1. The van der Waals surface area contributed by atoms with Gasteiger partial charge in [0.05, 0.1) is 15.9 Å². The minimum absolute atomic E-state index is 0.000433. The summed E-state index contributed by atoms with van der Waals surface area (Å²) in [6, 6.07) is 6.41. The molecule has 0 fully saturated rings. The first-order valence-electron chi connectivity index (χ1n) is 8.35. The van der Waals surface area contributed by atoms with Gasteiger partial charge in [-0.05, 0) is 57.7 Å². The van der Waals surface area contributed by atoms with Gasteiger partial charge in [-0.2, -0.15) is 5.10 Å². The summed E-state index contributed by atoms with van der Waals surface area (Å²) in [7, 11) is 0. The van der Waals surface area contributed by atoms with E-state index in [0.29, 0.717) is 6.54 Å². The van der Waals surface area contributed by atoms with Crippen LogP contribution >= 0.6 is 11.3 Å². The minimum Gasteiger partial charge on any atom is -0.351 e. The lowest BCUT2D eigenvalue weighted by Crippen LogP contribution is -2.28. The van der Waals surface area contributed by atoms with E-state index in [2.05, 4.69) is 53.3 Å². The number of fused-ring (bicyclic) bond motifs is 1. The first kappa shape index (κ1) is 16.8. The molecule has 3 aromatic rings. The molecule has 0 aliphatic carbocycles. The maximum Gasteiger partial charge on any atom is 0.267 e. The van der Waals surface area contributed by atoms with Gasteiger partial charge in [-0.25, -0.2) is 0 Å². The van der Waals surface area contributed by atoms with Crippen LogP contribution in [0, 0.1) is 13.8 Å². The molecule has 0 spiro atoms. The molecule has 0 unspecified atom stereocenters. The molecule has 5 nitrogen and oxygen atoms in total. The Labute approximate surface area is 146 Å². The number of carbonyl (C=O) groups is 1. The van der Waals surface area contributed by atoms with Gasteiger partial charge in [0, 0.05) is 24.8 Å². The average molecular weight is 344 g/mol. The van der Waals surface area contributed by atoms with Crippen LogP contribution in [-0.4, -0.2) is 26.8 Å². The summed E-state index contributed by atoms with van der Waals surface area (Å²) in [5.74, 6) is 0.000433. The van der Waals surface area contributed by atoms with Crippen molar-refractivity contribution in [3.8, 4) is 0 Å². The summed E-state index contributed by atoms with van der Waals surface area (Å²) < 4.78 is 5.27. The predicted octanol–water partition coefficient (Wildman–Crippen LogP) is 3.92. The van der Waals surface area contributed by atoms with Crippen LogP contribution in [0.2, 0.25) is 0 Å². The standard InChI is InChI=1S/C18H24N4OS/c1-12(2)22-15-6-9-24-17(15)11-16(22)18(23)19-7-5-8-21-14(4)10-13(3)20-21/h6,9-12H,5,7-8H2,1-4H3,(H,19,23). The molecule has 3 heterocycles. The Morgan fingerprint density at radius 2 is 2.12 bits per heavy atom. The Morgan fingerprint density at radius 1 is 1.33 bits per heavy atom. The molecule has 1 amide bonds. The normalized spacial score (nSPS) is 11.5. The van der Waals surface area contributed by atoms with Gasteiger partial charge < -0.3 is 9.88 Å². The van der Waals surface area contributed by atoms with Crippen molar-refractivity contribution in [3.05, 3.63) is 40.7 Å². The van der Waals surface area contributed by atoms with E-state index in [0.717, 1.165) is 40.3 Å². The monoisotopic (exact) mass is 344 g/mol. The topological polar surface area (TPSA) is 51.9 Å². The molecule has 24 heavy (non-hydrogen) atoms. The smallest absolute Gasteiger partial charge is 0.267 e. The summed E-state index contributed by atoms with van der Waals surface area (Å²) in [5, 5.41) is 9.56. The maximum atomic E-state index is 12.6. The highest BCUT2D eigenvalue weighted by Gasteiger charge is 2.17. The summed E-state index contributed by atoms with van der Waals surface area (Å²) in [4.78, 5) is 12.6. The van der Waals surface area contributed by atoms with Gasteiger partial charge in [-0.1, -0.05) is 0 Å². The highest BCUT2D eigenvalue weighted by atomic mass is 32.1. The number of thiophene rings is 1. The summed E-state index contributed by atoms with van der Waals surface area (Å²) >= 11 is 1.67. The van der Waals surface area contributed by atoms with Crippen molar-refractivity contribution >= 4 is 27.5 Å². The van der Waals surface area contributed by atoms with Crippen LogP contribution in [0.25, 0.3) is 10.2 Å². The van der Waals surface area contributed by atoms with E-state index in [1.807, 2.05) is 17.7 Å². The van der Waals surface area contributed by atoms with Gasteiger partial charge in [-0.15, -0.1) is 11.3 Å². The van der Waals surface area contributed by atoms with Crippen molar-refractivity contribution in [1.82, 2.24) is 19.7 Å². The fourth-order valence-electron chi connectivity index (χ4n) is 3.10.